The van der Waals surface area contributed by atoms with Crippen molar-refractivity contribution in [3.05, 3.63) is 59.7 Å². The van der Waals surface area contributed by atoms with Crippen molar-refractivity contribution in [2.45, 2.75) is 77.5 Å². The summed E-state index contributed by atoms with van der Waals surface area (Å²) >= 11 is 0. The zero-order valence-corrected chi connectivity index (χ0v) is 21.3. The summed E-state index contributed by atoms with van der Waals surface area (Å²) < 4.78 is 16.3. The highest BCUT2D eigenvalue weighted by Gasteiger charge is 2.32. The second-order valence-corrected chi connectivity index (χ2v) is 10.7. The third-order valence-corrected chi connectivity index (χ3v) is 5.39. The molecule has 1 amide bonds. The Kier molecular flexibility index (Phi) is 7.88. The molecule has 1 aliphatic carbocycles. The van der Waals surface area contributed by atoms with E-state index in [4.69, 9.17) is 14.2 Å². The van der Waals surface area contributed by atoms with Crippen molar-refractivity contribution in [1.82, 2.24) is 5.32 Å². The van der Waals surface area contributed by atoms with E-state index in [0.29, 0.717) is 0 Å². The Bertz CT molecular complexity index is 1030. The lowest BCUT2D eigenvalue weighted by molar-refractivity contribution is -0.155. The molecule has 2 aromatic rings. The van der Waals surface area contributed by atoms with Crippen LogP contribution in [0.2, 0.25) is 0 Å². The van der Waals surface area contributed by atoms with E-state index in [1.807, 2.05) is 36.4 Å². The van der Waals surface area contributed by atoms with Crippen LogP contribution in [-0.2, 0) is 23.8 Å². The molecule has 0 spiro atoms. The van der Waals surface area contributed by atoms with Crippen molar-refractivity contribution < 1.29 is 28.6 Å². The lowest BCUT2D eigenvalue weighted by Crippen LogP contribution is -2.45. The van der Waals surface area contributed by atoms with Crippen LogP contribution in [0.1, 0.15) is 71.4 Å². The maximum atomic E-state index is 13.1. The van der Waals surface area contributed by atoms with Crippen molar-refractivity contribution in [3.8, 4) is 11.1 Å². The first-order valence-electron chi connectivity index (χ1n) is 11.9. The van der Waals surface area contributed by atoms with Gasteiger partial charge in [0, 0.05) is 12.3 Å². The van der Waals surface area contributed by atoms with Gasteiger partial charge in [0.25, 0.3) is 0 Å². The molecule has 1 N–H and O–H groups in total. The molecule has 7 heteroatoms. The summed E-state index contributed by atoms with van der Waals surface area (Å²) in [5.41, 5.74) is 3.05. The van der Waals surface area contributed by atoms with E-state index < -0.39 is 35.3 Å². The maximum Gasteiger partial charge on any atom is 0.408 e. The largest absolute Gasteiger partial charge is 0.463 e. The second kappa shape index (κ2) is 10.5. The molecular formula is C28H35NO6. The predicted octanol–water partition coefficient (Wildman–Crippen LogP) is 5.36. The molecule has 188 valence electrons. The van der Waals surface area contributed by atoms with Crippen LogP contribution >= 0.6 is 0 Å². The molecule has 0 fully saturated rings. The maximum absolute atomic E-state index is 13.1. The van der Waals surface area contributed by atoms with Crippen LogP contribution in [0.4, 0.5) is 4.79 Å². The first-order valence-corrected chi connectivity index (χ1v) is 11.9. The summed E-state index contributed by atoms with van der Waals surface area (Å²) in [6, 6.07) is 15.0. The first kappa shape index (κ1) is 26.3. The van der Waals surface area contributed by atoms with Gasteiger partial charge < -0.3 is 19.5 Å². The minimum absolute atomic E-state index is 0.0326. The quantitative estimate of drug-likeness (QED) is 0.423. The molecule has 1 aliphatic rings. The van der Waals surface area contributed by atoms with Gasteiger partial charge in [0.1, 0.15) is 23.9 Å². The number of rotatable bonds is 7. The average Bonchev–Trinajstić information content (AvgIpc) is 3.06. The zero-order valence-electron chi connectivity index (χ0n) is 21.3. The molecule has 0 saturated heterocycles. The highest BCUT2D eigenvalue weighted by Crippen LogP contribution is 2.44. The number of benzene rings is 2. The summed E-state index contributed by atoms with van der Waals surface area (Å²) in [5.74, 6) is -1.19. The Hall–Kier alpha value is -3.35. The second-order valence-electron chi connectivity index (χ2n) is 10.7. The molecular weight excluding hydrogens is 446 g/mol. The zero-order chi connectivity index (χ0) is 25.8. The van der Waals surface area contributed by atoms with Gasteiger partial charge in [0.2, 0.25) is 0 Å². The van der Waals surface area contributed by atoms with E-state index in [1.165, 1.54) is 0 Å². The van der Waals surface area contributed by atoms with E-state index in [0.717, 1.165) is 22.3 Å². The normalized spacial score (nSPS) is 13.9. The summed E-state index contributed by atoms with van der Waals surface area (Å²) in [6.07, 6.45) is -0.771. The van der Waals surface area contributed by atoms with Crippen molar-refractivity contribution in [3.63, 3.8) is 0 Å². The molecule has 0 aliphatic heterocycles. The summed E-state index contributed by atoms with van der Waals surface area (Å²) in [4.78, 5) is 37.7. The topological polar surface area (TPSA) is 90.9 Å². The monoisotopic (exact) mass is 481 g/mol. The Morgan fingerprint density at radius 2 is 1.34 bits per heavy atom. The van der Waals surface area contributed by atoms with Gasteiger partial charge in [0.15, 0.2) is 0 Å². The standard InChI is InChI=1S/C28H35NO6/c1-27(2,3)34-24(30)16-15-23(29-26(32)35-28(4,5)6)25(31)33-17-22-20-13-9-7-11-18(20)19-12-8-10-14-21(19)22/h7-14,22-23H,15-17H2,1-6H3,(H,29,32)/t23-/m1/s1. The lowest BCUT2D eigenvalue weighted by Gasteiger charge is -2.24. The van der Waals surface area contributed by atoms with Gasteiger partial charge in [-0.2, -0.15) is 0 Å². The summed E-state index contributed by atoms with van der Waals surface area (Å²) in [7, 11) is 0. The van der Waals surface area contributed by atoms with E-state index in [-0.39, 0.29) is 25.4 Å². The van der Waals surface area contributed by atoms with Crippen molar-refractivity contribution >= 4 is 18.0 Å². The van der Waals surface area contributed by atoms with E-state index in [2.05, 4.69) is 17.4 Å². The Labute approximate surface area is 207 Å². The number of hydrogen-bond acceptors (Lipinski definition) is 6. The number of fused-ring (bicyclic) bond motifs is 3. The number of hydrogen-bond donors (Lipinski definition) is 1. The molecule has 35 heavy (non-hydrogen) atoms. The highest BCUT2D eigenvalue weighted by molar-refractivity contribution is 5.83. The van der Waals surface area contributed by atoms with E-state index in [9.17, 15) is 14.4 Å². The summed E-state index contributed by atoms with van der Waals surface area (Å²) in [5, 5.41) is 2.56. The molecule has 0 unspecified atom stereocenters. The van der Waals surface area contributed by atoms with Gasteiger partial charge in [-0.3, -0.25) is 4.79 Å². The Balaban J connectivity index is 1.71. The molecule has 0 bridgehead atoms. The molecule has 0 saturated carbocycles. The van der Waals surface area contributed by atoms with Crippen molar-refractivity contribution in [2.75, 3.05) is 6.61 Å². The number of carbonyl (C=O) groups excluding carboxylic acids is 3. The van der Waals surface area contributed by atoms with Gasteiger partial charge >= 0.3 is 18.0 Å². The highest BCUT2D eigenvalue weighted by atomic mass is 16.6. The van der Waals surface area contributed by atoms with Gasteiger partial charge in [-0.1, -0.05) is 48.5 Å². The van der Waals surface area contributed by atoms with Crippen LogP contribution in [0.3, 0.4) is 0 Å². The third-order valence-electron chi connectivity index (χ3n) is 5.39. The fourth-order valence-electron chi connectivity index (χ4n) is 4.06. The first-order chi connectivity index (χ1) is 16.3. The van der Waals surface area contributed by atoms with Gasteiger partial charge in [-0.15, -0.1) is 0 Å². The van der Waals surface area contributed by atoms with Gasteiger partial charge in [-0.05, 0) is 70.2 Å². The van der Waals surface area contributed by atoms with Crippen LogP contribution in [0, 0.1) is 0 Å². The molecule has 3 rings (SSSR count). The van der Waals surface area contributed by atoms with Crippen molar-refractivity contribution in [1.29, 1.82) is 0 Å². The number of nitrogens with one attached hydrogen (secondary N) is 1. The van der Waals surface area contributed by atoms with E-state index >= 15 is 0 Å². The van der Waals surface area contributed by atoms with Crippen LogP contribution in [0.25, 0.3) is 11.1 Å². The van der Waals surface area contributed by atoms with Gasteiger partial charge in [0.05, 0.1) is 0 Å². The SMILES string of the molecule is CC(C)(C)OC(=O)CC[C@@H](NC(=O)OC(C)(C)C)C(=O)OCC1c2ccccc2-c2ccccc21. The van der Waals surface area contributed by atoms with Crippen LogP contribution in [-0.4, -0.2) is 41.9 Å². The molecule has 0 heterocycles. The molecule has 7 nitrogen and oxygen atoms in total. The fraction of sp³-hybridized carbons (Fsp3) is 0.464. The minimum atomic E-state index is -1.05. The molecule has 2 aromatic carbocycles. The summed E-state index contributed by atoms with van der Waals surface area (Å²) in [6.45, 7) is 10.6. The van der Waals surface area contributed by atoms with Crippen molar-refractivity contribution in [2.24, 2.45) is 0 Å². The number of alkyl carbamates (subject to hydrolysis) is 1. The van der Waals surface area contributed by atoms with Gasteiger partial charge in [-0.25, -0.2) is 9.59 Å². The Morgan fingerprint density at radius 3 is 1.86 bits per heavy atom. The number of amides is 1. The molecule has 0 aromatic heterocycles. The number of esters is 2. The van der Waals surface area contributed by atoms with E-state index in [1.54, 1.807) is 41.5 Å². The minimum Gasteiger partial charge on any atom is -0.463 e. The Morgan fingerprint density at radius 1 is 0.829 bits per heavy atom. The smallest absolute Gasteiger partial charge is 0.408 e. The molecule has 1 atom stereocenters. The van der Waals surface area contributed by atoms with Crippen LogP contribution < -0.4 is 5.32 Å². The number of carbonyl (C=O) groups is 3. The van der Waals surface area contributed by atoms with Crippen LogP contribution in [0.15, 0.2) is 48.5 Å². The predicted molar refractivity (Wildman–Crippen MR) is 133 cm³/mol. The third kappa shape index (κ3) is 7.31. The fourth-order valence-corrected chi connectivity index (χ4v) is 4.06. The molecule has 0 radical (unpaired) electrons. The van der Waals surface area contributed by atoms with Crippen LogP contribution in [0.5, 0.6) is 0 Å². The lowest BCUT2D eigenvalue weighted by atomic mass is 9.98. The average molecular weight is 482 g/mol. The number of ether oxygens (including phenoxy) is 3.